The van der Waals surface area contributed by atoms with Crippen LogP contribution in [0.3, 0.4) is 0 Å². The Labute approximate surface area is 116 Å². The van der Waals surface area contributed by atoms with Crippen molar-refractivity contribution in [3.8, 4) is 0 Å². The molecule has 2 aromatic heterocycles. The van der Waals surface area contributed by atoms with Crippen LogP contribution in [0.5, 0.6) is 0 Å². The molecule has 2 heterocycles. The number of nitrogens with zero attached hydrogens (tertiary/aromatic N) is 2. The Bertz CT molecular complexity index is 537. The van der Waals surface area contributed by atoms with Crippen LogP contribution in [-0.4, -0.2) is 15.9 Å². The van der Waals surface area contributed by atoms with Crippen molar-refractivity contribution in [2.45, 2.75) is 32.7 Å². The zero-order chi connectivity index (χ0) is 13.7. The SMILES string of the molecule is CC(C)c1nc(CC(=O)NCc2ccncc2)cs1. The van der Waals surface area contributed by atoms with E-state index in [-0.39, 0.29) is 5.91 Å². The zero-order valence-electron chi connectivity index (χ0n) is 11.1. The number of carbonyl (C=O) groups is 1. The van der Waals surface area contributed by atoms with Gasteiger partial charge in [0.2, 0.25) is 5.91 Å². The molecule has 0 saturated carbocycles. The summed E-state index contributed by atoms with van der Waals surface area (Å²) < 4.78 is 0. The van der Waals surface area contributed by atoms with Crippen molar-refractivity contribution >= 4 is 17.2 Å². The molecule has 0 spiro atoms. The fourth-order valence-electron chi connectivity index (χ4n) is 1.60. The van der Waals surface area contributed by atoms with Crippen LogP contribution in [0, 0.1) is 0 Å². The predicted octanol–water partition coefficient (Wildman–Crippen LogP) is 2.52. The Morgan fingerprint density at radius 2 is 2.11 bits per heavy atom. The fourth-order valence-corrected chi connectivity index (χ4v) is 2.43. The van der Waals surface area contributed by atoms with Crippen LogP contribution in [-0.2, 0) is 17.8 Å². The molecule has 0 saturated heterocycles. The number of pyridine rings is 1. The maximum Gasteiger partial charge on any atom is 0.226 e. The van der Waals surface area contributed by atoms with Gasteiger partial charge in [0, 0.05) is 30.2 Å². The van der Waals surface area contributed by atoms with Gasteiger partial charge < -0.3 is 5.32 Å². The minimum absolute atomic E-state index is 0.00239. The van der Waals surface area contributed by atoms with Gasteiger partial charge in [0.1, 0.15) is 0 Å². The van der Waals surface area contributed by atoms with Crippen LogP contribution < -0.4 is 5.32 Å². The summed E-state index contributed by atoms with van der Waals surface area (Å²) in [6, 6.07) is 3.78. The molecule has 19 heavy (non-hydrogen) atoms. The van der Waals surface area contributed by atoms with Crippen molar-refractivity contribution in [3.05, 3.63) is 46.2 Å². The first kappa shape index (κ1) is 13.7. The second-order valence-electron chi connectivity index (χ2n) is 4.64. The van der Waals surface area contributed by atoms with E-state index in [4.69, 9.17) is 0 Å². The van der Waals surface area contributed by atoms with Crippen molar-refractivity contribution in [1.82, 2.24) is 15.3 Å². The third-order valence-electron chi connectivity index (χ3n) is 2.64. The van der Waals surface area contributed by atoms with E-state index in [2.05, 4.69) is 29.1 Å². The average Bonchev–Trinajstić information content (AvgIpc) is 2.86. The van der Waals surface area contributed by atoms with E-state index in [1.807, 2.05) is 17.5 Å². The van der Waals surface area contributed by atoms with Gasteiger partial charge >= 0.3 is 0 Å². The van der Waals surface area contributed by atoms with Crippen LogP contribution >= 0.6 is 11.3 Å². The number of amides is 1. The smallest absolute Gasteiger partial charge is 0.226 e. The molecule has 5 heteroatoms. The summed E-state index contributed by atoms with van der Waals surface area (Å²) >= 11 is 1.61. The molecule has 100 valence electrons. The van der Waals surface area contributed by atoms with Crippen LogP contribution in [0.1, 0.15) is 36.0 Å². The lowest BCUT2D eigenvalue weighted by Crippen LogP contribution is -2.24. The van der Waals surface area contributed by atoms with Gasteiger partial charge in [0.25, 0.3) is 0 Å². The Kier molecular flexibility index (Phi) is 4.63. The maximum atomic E-state index is 11.8. The molecular weight excluding hydrogens is 258 g/mol. The minimum Gasteiger partial charge on any atom is -0.352 e. The normalized spacial score (nSPS) is 10.7. The highest BCUT2D eigenvalue weighted by Crippen LogP contribution is 2.19. The summed E-state index contributed by atoms with van der Waals surface area (Å²) in [7, 11) is 0. The van der Waals surface area contributed by atoms with E-state index in [9.17, 15) is 4.79 Å². The average molecular weight is 275 g/mol. The van der Waals surface area contributed by atoms with Gasteiger partial charge in [0.15, 0.2) is 0 Å². The summed E-state index contributed by atoms with van der Waals surface area (Å²) in [6.07, 6.45) is 3.78. The summed E-state index contributed by atoms with van der Waals surface area (Å²) in [5.41, 5.74) is 1.89. The first-order valence-electron chi connectivity index (χ1n) is 6.25. The van der Waals surface area contributed by atoms with E-state index in [0.29, 0.717) is 18.9 Å². The molecule has 0 atom stereocenters. The van der Waals surface area contributed by atoms with Crippen LogP contribution in [0.4, 0.5) is 0 Å². The van der Waals surface area contributed by atoms with Crippen molar-refractivity contribution in [3.63, 3.8) is 0 Å². The van der Waals surface area contributed by atoms with Gasteiger partial charge in [-0.2, -0.15) is 0 Å². The molecule has 0 bridgehead atoms. The number of aromatic nitrogens is 2. The quantitative estimate of drug-likeness (QED) is 0.912. The number of carbonyl (C=O) groups excluding carboxylic acids is 1. The zero-order valence-corrected chi connectivity index (χ0v) is 11.9. The highest BCUT2D eigenvalue weighted by molar-refractivity contribution is 7.09. The van der Waals surface area contributed by atoms with Crippen molar-refractivity contribution in [2.24, 2.45) is 0 Å². The molecule has 2 aromatic rings. The highest BCUT2D eigenvalue weighted by Gasteiger charge is 2.09. The molecule has 0 unspecified atom stereocenters. The van der Waals surface area contributed by atoms with Gasteiger partial charge in [-0.15, -0.1) is 11.3 Å². The lowest BCUT2D eigenvalue weighted by atomic mass is 10.2. The molecule has 0 aliphatic rings. The molecule has 0 aliphatic carbocycles. The number of hydrogen-bond donors (Lipinski definition) is 1. The molecule has 0 aromatic carbocycles. The number of hydrogen-bond acceptors (Lipinski definition) is 4. The third kappa shape index (κ3) is 4.13. The molecule has 4 nitrogen and oxygen atoms in total. The third-order valence-corrected chi connectivity index (χ3v) is 3.84. The summed E-state index contributed by atoms with van der Waals surface area (Å²) in [6.45, 7) is 4.74. The van der Waals surface area contributed by atoms with E-state index in [1.165, 1.54) is 0 Å². The first-order valence-corrected chi connectivity index (χ1v) is 7.13. The van der Waals surface area contributed by atoms with Crippen molar-refractivity contribution in [1.29, 1.82) is 0 Å². The highest BCUT2D eigenvalue weighted by atomic mass is 32.1. The summed E-state index contributed by atoms with van der Waals surface area (Å²) in [4.78, 5) is 20.2. The monoisotopic (exact) mass is 275 g/mol. The second kappa shape index (κ2) is 6.43. The molecular formula is C14H17N3OS. The van der Waals surface area contributed by atoms with Gasteiger partial charge in [-0.3, -0.25) is 9.78 Å². The first-order chi connectivity index (χ1) is 9.15. The van der Waals surface area contributed by atoms with Crippen molar-refractivity contribution in [2.75, 3.05) is 0 Å². The molecule has 1 amide bonds. The second-order valence-corrected chi connectivity index (χ2v) is 5.53. The van der Waals surface area contributed by atoms with Gasteiger partial charge in [0.05, 0.1) is 17.1 Å². The van der Waals surface area contributed by atoms with E-state index < -0.39 is 0 Å². The number of nitrogens with one attached hydrogen (secondary N) is 1. The maximum absolute atomic E-state index is 11.8. The molecule has 0 radical (unpaired) electrons. The van der Waals surface area contributed by atoms with Crippen molar-refractivity contribution < 1.29 is 4.79 Å². The van der Waals surface area contributed by atoms with Crippen LogP contribution in [0.25, 0.3) is 0 Å². The Balaban J connectivity index is 1.84. The Morgan fingerprint density at radius 3 is 2.74 bits per heavy atom. The van der Waals surface area contributed by atoms with Gasteiger partial charge in [-0.1, -0.05) is 13.8 Å². The van der Waals surface area contributed by atoms with E-state index in [1.54, 1.807) is 23.7 Å². The largest absolute Gasteiger partial charge is 0.352 e. The molecule has 0 aliphatic heterocycles. The number of rotatable bonds is 5. The van der Waals surface area contributed by atoms with E-state index in [0.717, 1.165) is 16.3 Å². The Morgan fingerprint density at radius 1 is 1.37 bits per heavy atom. The fraction of sp³-hybridized carbons (Fsp3) is 0.357. The van der Waals surface area contributed by atoms with Gasteiger partial charge in [-0.05, 0) is 17.7 Å². The van der Waals surface area contributed by atoms with E-state index >= 15 is 0 Å². The molecule has 1 N–H and O–H groups in total. The van der Waals surface area contributed by atoms with Gasteiger partial charge in [-0.25, -0.2) is 4.98 Å². The summed E-state index contributed by atoms with van der Waals surface area (Å²) in [5.74, 6) is 0.413. The van der Waals surface area contributed by atoms with Crippen LogP contribution in [0.2, 0.25) is 0 Å². The number of thiazole rings is 1. The van der Waals surface area contributed by atoms with Crippen LogP contribution in [0.15, 0.2) is 29.9 Å². The summed E-state index contributed by atoms with van der Waals surface area (Å²) in [5, 5.41) is 5.92. The lowest BCUT2D eigenvalue weighted by molar-refractivity contribution is -0.120. The topological polar surface area (TPSA) is 54.9 Å². The predicted molar refractivity (Wildman–Crippen MR) is 76.0 cm³/mol. The standard InChI is InChI=1S/C14H17N3OS/c1-10(2)14-17-12(9-19-14)7-13(18)16-8-11-3-5-15-6-4-11/h3-6,9-10H,7-8H2,1-2H3,(H,16,18). The minimum atomic E-state index is -0.00239. The Hall–Kier alpha value is -1.75. The lowest BCUT2D eigenvalue weighted by Gasteiger charge is -2.03. The molecule has 0 fully saturated rings. The molecule has 2 rings (SSSR count).